The van der Waals surface area contributed by atoms with Crippen molar-refractivity contribution in [3.63, 3.8) is 0 Å². The average Bonchev–Trinajstić information content (AvgIpc) is 2.29. The number of carbonyl (C=O) groups excluding carboxylic acids is 1. The van der Waals surface area contributed by atoms with Gasteiger partial charge in [0, 0.05) is 20.6 Å². The van der Waals surface area contributed by atoms with Gasteiger partial charge in [-0.15, -0.1) is 0 Å². The highest BCUT2D eigenvalue weighted by atomic mass is 32.2. The van der Waals surface area contributed by atoms with E-state index in [4.69, 9.17) is 0 Å². The summed E-state index contributed by atoms with van der Waals surface area (Å²) in [4.78, 5) is 11.6. The summed E-state index contributed by atoms with van der Waals surface area (Å²) in [5.74, 6) is -1.48. The molecule has 0 spiro atoms. The van der Waals surface area contributed by atoms with Crippen molar-refractivity contribution in [1.29, 1.82) is 0 Å². The third-order valence-electron chi connectivity index (χ3n) is 2.32. The predicted molar refractivity (Wildman–Crippen MR) is 66.2 cm³/mol. The monoisotopic (exact) mass is 274 g/mol. The smallest absolute Gasteiger partial charge is 0.254 e. The molecular weight excluding hydrogens is 259 g/mol. The van der Waals surface area contributed by atoms with Crippen LogP contribution in [0.1, 0.15) is 10.4 Å². The number of benzene rings is 1. The summed E-state index contributed by atoms with van der Waals surface area (Å²) in [5.41, 5.74) is -0.0975. The summed E-state index contributed by atoms with van der Waals surface area (Å²) in [6, 6.07) is 5.52. The van der Waals surface area contributed by atoms with Crippen LogP contribution in [-0.4, -0.2) is 45.0 Å². The molecule has 0 radical (unpaired) electrons. The Kier molecular flexibility index (Phi) is 4.80. The Hall–Kier alpha value is -1.47. The van der Waals surface area contributed by atoms with Crippen molar-refractivity contribution >= 4 is 15.9 Å². The molecule has 5 nitrogen and oxygen atoms in total. The van der Waals surface area contributed by atoms with Gasteiger partial charge >= 0.3 is 0 Å². The van der Waals surface area contributed by atoms with Crippen LogP contribution in [-0.2, 0) is 10.0 Å². The van der Waals surface area contributed by atoms with E-state index in [-0.39, 0.29) is 17.9 Å². The molecule has 0 heterocycles. The zero-order chi connectivity index (χ0) is 13.8. The zero-order valence-corrected chi connectivity index (χ0v) is 11.0. The Morgan fingerprint density at radius 3 is 2.50 bits per heavy atom. The van der Waals surface area contributed by atoms with Crippen molar-refractivity contribution in [2.24, 2.45) is 0 Å². The summed E-state index contributed by atoms with van der Waals surface area (Å²) in [6.07, 6.45) is 0. The number of carbonyl (C=O) groups is 1. The Bertz CT molecular complexity index is 529. The van der Waals surface area contributed by atoms with E-state index in [0.717, 1.165) is 4.31 Å². The maximum Gasteiger partial charge on any atom is 0.254 e. The van der Waals surface area contributed by atoms with Crippen LogP contribution in [0.2, 0.25) is 0 Å². The van der Waals surface area contributed by atoms with E-state index in [0.29, 0.717) is 0 Å². The fraction of sp³-hybridized carbons (Fsp3) is 0.364. The lowest BCUT2D eigenvalue weighted by Crippen LogP contribution is -2.34. The van der Waals surface area contributed by atoms with Gasteiger partial charge in [-0.05, 0) is 12.1 Å². The number of nitrogens with zero attached hydrogens (tertiary/aromatic N) is 1. The van der Waals surface area contributed by atoms with E-state index in [2.05, 4.69) is 5.32 Å². The molecule has 7 heteroatoms. The largest absolute Gasteiger partial charge is 0.351 e. The van der Waals surface area contributed by atoms with Gasteiger partial charge in [0.05, 0.1) is 11.3 Å². The van der Waals surface area contributed by atoms with E-state index in [1.807, 2.05) is 0 Å². The number of hydrogen-bond acceptors (Lipinski definition) is 3. The molecule has 1 aromatic carbocycles. The van der Waals surface area contributed by atoms with Gasteiger partial charge < -0.3 is 5.32 Å². The van der Waals surface area contributed by atoms with Crippen LogP contribution in [0.4, 0.5) is 4.39 Å². The van der Waals surface area contributed by atoms with Crippen LogP contribution in [0.15, 0.2) is 24.3 Å². The van der Waals surface area contributed by atoms with E-state index >= 15 is 0 Å². The van der Waals surface area contributed by atoms with E-state index in [1.165, 1.54) is 38.4 Å². The second kappa shape index (κ2) is 5.92. The Morgan fingerprint density at radius 2 is 1.94 bits per heavy atom. The van der Waals surface area contributed by atoms with Gasteiger partial charge in [-0.2, -0.15) is 0 Å². The molecule has 0 bridgehead atoms. The van der Waals surface area contributed by atoms with Gasteiger partial charge in [-0.3, -0.25) is 4.79 Å². The molecule has 100 valence electrons. The molecule has 0 aliphatic carbocycles. The van der Waals surface area contributed by atoms with Gasteiger partial charge in [-0.25, -0.2) is 17.1 Å². The van der Waals surface area contributed by atoms with Gasteiger partial charge in [0.25, 0.3) is 5.91 Å². The molecule has 1 amide bonds. The molecule has 0 aliphatic heterocycles. The average molecular weight is 274 g/mol. The van der Waals surface area contributed by atoms with Crippen molar-refractivity contribution in [3.05, 3.63) is 35.6 Å². The van der Waals surface area contributed by atoms with Crippen molar-refractivity contribution in [2.75, 3.05) is 26.4 Å². The van der Waals surface area contributed by atoms with E-state index < -0.39 is 21.7 Å². The van der Waals surface area contributed by atoms with Crippen LogP contribution in [0.25, 0.3) is 0 Å². The first kappa shape index (κ1) is 14.6. The van der Waals surface area contributed by atoms with Gasteiger partial charge in [0.1, 0.15) is 5.82 Å². The lowest BCUT2D eigenvalue weighted by Gasteiger charge is -2.11. The van der Waals surface area contributed by atoms with Crippen molar-refractivity contribution < 1.29 is 17.6 Å². The van der Waals surface area contributed by atoms with Gasteiger partial charge in [0.2, 0.25) is 10.0 Å². The van der Waals surface area contributed by atoms with Crippen molar-refractivity contribution in [1.82, 2.24) is 9.62 Å². The molecule has 0 unspecified atom stereocenters. The molecule has 0 fully saturated rings. The summed E-state index contributed by atoms with van der Waals surface area (Å²) in [6.45, 7) is -0.0618. The summed E-state index contributed by atoms with van der Waals surface area (Å²) >= 11 is 0. The highest BCUT2D eigenvalue weighted by Crippen LogP contribution is 2.05. The summed E-state index contributed by atoms with van der Waals surface area (Å²) in [7, 11) is -0.540. The van der Waals surface area contributed by atoms with Gasteiger partial charge in [-0.1, -0.05) is 12.1 Å². The fourth-order valence-electron chi connectivity index (χ4n) is 1.22. The van der Waals surface area contributed by atoms with E-state index in [1.54, 1.807) is 0 Å². The molecule has 0 saturated carbocycles. The summed E-state index contributed by atoms with van der Waals surface area (Å²) in [5, 5.41) is 2.37. The molecule has 0 saturated heterocycles. The third kappa shape index (κ3) is 3.78. The first-order valence-corrected chi connectivity index (χ1v) is 6.88. The zero-order valence-electron chi connectivity index (χ0n) is 10.2. The number of halogens is 1. The van der Waals surface area contributed by atoms with Gasteiger partial charge in [0.15, 0.2) is 0 Å². The van der Waals surface area contributed by atoms with Crippen LogP contribution < -0.4 is 5.32 Å². The first-order chi connectivity index (χ1) is 8.34. The lowest BCUT2D eigenvalue weighted by atomic mass is 10.2. The Balaban J connectivity index is 2.56. The second-order valence-electron chi connectivity index (χ2n) is 3.83. The predicted octanol–water partition coefficient (Wildman–Crippen LogP) is 0.447. The molecule has 1 N–H and O–H groups in total. The molecule has 1 rings (SSSR count). The lowest BCUT2D eigenvalue weighted by molar-refractivity contribution is 0.0952. The van der Waals surface area contributed by atoms with Crippen LogP contribution in [0.3, 0.4) is 0 Å². The molecule has 0 aromatic heterocycles. The minimum absolute atomic E-state index is 0.0618. The van der Waals surface area contributed by atoms with Crippen molar-refractivity contribution in [2.45, 2.75) is 0 Å². The number of hydrogen-bond donors (Lipinski definition) is 1. The maximum atomic E-state index is 13.2. The van der Waals surface area contributed by atoms with Crippen LogP contribution in [0.5, 0.6) is 0 Å². The maximum absolute atomic E-state index is 13.2. The minimum atomic E-state index is -3.36. The highest BCUT2D eigenvalue weighted by Gasteiger charge is 2.15. The Labute approximate surface area is 106 Å². The van der Waals surface area contributed by atoms with E-state index in [9.17, 15) is 17.6 Å². The molecule has 1 aromatic rings. The van der Waals surface area contributed by atoms with Crippen molar-refractivity contribution in [3.8, 4) is 0 Å². The summed E-state index contributed by atoms with van der Waals surface area (Å²) < 4.78 is 37.1. The molecule has 0 aliphatic rings. The molecule has 0 atom stereocenters. The number of nitrogens with one attached hydrogen (secondary N) is 1. The van der Waals surface area contributed by atoms with Crippen LogP contribution in [0, 0.1) is 5.82 Å². The van der Waals surface area contributed by atoms with Crippen LogP contribution >= 0.6 is 0 Å². The number of sulfonamides is 1. The minimum Gasteiger partial charge on any atom is -0.351 e. The number of rotatable bonds is 5. The topological polar surface area (TPSA) is 66.5 Å². The SMILES string of the molecule is CN(C)S(=O)(=O)CCNC(=O)c1ccccc1F. The second-order valence-corrected chi connectivity index (χ2v) is 6.14. The molecular formula is C11H15FN2O3S. The first-order valence-electron chi connectivity index (χ1n) is 5.27. The standard InChI is InChI=1S/C11H15FN2O3S/c1-14(2)18(16,17)8-7-13-11(15)9-5-3-4-6-10(9)12/h3-6H,7-8H2,1-2H3,(H,13,15). The normalized spacial score (nSPS) is 11.6. The quantitative estimate of drug-likeness (QED) is 0.847. The molecule has 18 heavy (non-hydrogen) atoms. The Morgan fingerprint density at radius 1 is 1.33 bits per heavy atom. The fourth-order valence-corrected chi connectivity index (χ4v) is 1.94. The third-order valence-corrected chi connectivity index (χ3v) is 4.15. The highest BCUT2D eigenvalue weighted by molar-refractivity contribution is 7.89. The number of amides is 1.